The zero-order chi connectivity index (χ0) is 13.8. The first-order valence-corrected chi connectivity index (χ1v) is 6.95. The maximum atomic E-state index is 12.1. The van der Waals surface area contributed by atoms with Gasteiger partial charge in [-0.25, -0.2) is 0 Å². The van der Waals surface area contributed by atoms with Crippen molar-refractivity contribution in [2.75, 3.05) is 29.9 Å². The maximum absolute atomic E-state index is 12.1. The van der Waals surface area contributed by atoms with Crippen LogP contribution in [0, 0.1) is 5.92 Å². The molecule has 1 amide bonds. The highest BCUT2D eigenvalue weighted by molar-refractivity contribution is 5.84. The van der Waals surface area contributed by atoms with Crippen molar-refractivity contribution in [3.63, 3.8) is 0 Å². The Hall–Kier alpha value is -1.71. The summed E-state index contributed by atoms with van der Waals surface area (Å²) >= 11 is 0. The molecule has 0 radical (unpaired) electrons. The van der Waals surface area contributed by atoms with Crippen molar-refractivity contribution >= 4 is 17.3 Å². The van der Waals surface area contributed by atoms with Crippen LogP contribution < -0.4 is 15.5 Å². The van der Waals surface area contributed by atoms with Crippen LogP contribution in [-0.4, -0.2) is 31.6 Å². The summed E-state index contributed by atoms with van der Waals surface area (Å²) in [6, 6.07) is 8.34. The molecule has 0 aliphatic carbocycles. The fourth-order valence-electron chi connectivity index (χ4n) is 2.15. The van der Waals surface area contributed by atoms with Crippen molar-refractivity contribution in [1.82, 2.24) is 5.32 Å². The molecule has 1 atom stereocenters. The highest BCUT2D eigenvalue weighted by atomic mass is 16.2. The number of carbonyl (C=O) groups excluding carboxylic acids is 1. The van der Waals surface area contributed by atoms with Gasteiger partial charge in [0, 0.05) is 19.1 Å². The minimum atomic E-state index is 0.0953. The number of benzene rings is 1. The molecule has 0 saturated carbocycles. The Kier molecular flexibility index (Phi) is 4.30. The molecule has 0 saturated heterocycles. The highest BCUT2D eigenvalue weighted by Crippen LogP contribution is 2.27. The van der Waals surface area contributed by atoms with E-state index in [-0.39, 0.29) is 11.9 Å². The second-order valence-electron chi connectivity index (χ2n) is 5.47. The number of hydrogen-bond donors (Lipinski definition) is 2. The van der Waals surface area contributed by atoms with Gasteiger partial charge >= 0.3 is 0 Å². The van der Waals surface area contributed by atoms with E-state index in [1.807, 2.05) is 19.1 Å². The summed E-state index contributed by atoms with van der Waals surface area (Å²) in [6.45, 7) is 8.45. The number of anilines is 2. The second kappa shape index (κ2) is 5.95. The molecule has 0 fully saturated rings. The lowest BCUT2D eigenvalue weighted by molar-refractivity contribution is -0.120. The molecule has 1 aliphatic heterocycles. The summed E-state index contributed by atoms with van der Waals surface area (Å²) in [6.07, 6.45) is 0. The van der Waals surface area contributed by atoms with Crippen LogP contribution in [0.3, 0.4) is 0 Å². The zero-order valence-electron chi connectivity index (χ0n) is 11.9. The van der Waals surface area contributed by atoms with Crippen molar-refractivity contribution in [3.05, 3.63) is 24.3 Å². The van der Waals surface area contributed by atoms with Crippen LogP contribution in [0.25, 0.3) is 0 Å². The molecule has 4 nitrogen and oxygen atoms in total. The molecule has 4 heteroatoms. The SMILES string of the molecule is CC(C)C(C)NC(=O)CN1CCNc2ccccc21. The molecule has 1 heterocycles. The van der Waals surface area contributed by atoms with E-state index < -0.39 is 0 Å². The monoisotopic (exact) mass is 261 g/mol. The van der Waals surface area contributed by atoms with E-state index >= 15 is 0 Å². The van der Waals surface area contributed by atoms with Crippen LogP contribution in [0.1, 0.15) is 20.8 Å². The van der Waals surface area contributed by atoms with E-state index in [1.54, 1.807) is 0 Å². The smallest absolute Gasteiger partial charge is 0.239 e. The van der Waals surface area contributed by atoms with Crippen LogP contribution in [0.5, 0.6) is 0 Å². The van der Waals surface area contributed by atoms with Crippen LogP contribution in [0.4, 0.5) is 11.4 Å². The van der Waals surface area contributed by atoms with Crippen LogP contribution in [0.2, 0.25) is 0 Å². The summed E-state index contributed by atoms with van der Waals surface area (Å²) in [5.41, 5.74) is 2.22. The molecule has 1 unspecified atom stereocenters. The van der Waals surface area contributed by atoms with Crippen LogP contribution in [-0.2, 0) is 4.79 Å². The van der Waals surface area contributed by atoms with E-state index in [2.05, 4.69) is 41.5 Å². The first-order valence-electron chi connectivity index (χ1n) is 6.95. The lowest BCUT2D eigenvalue weighted by Crippen LogP contribution is -2.45. The molecule has 1 aromatic rings. The fourth-order valence-corrected chi connectivity index (χ4v) is 2.15. The number of hydrogen-bond acceptors (Lipinski definition) is 3. The predicted octanol–water partition coefficient (Wildman–Crippen LogP) is 2.08. The molecule has 0 aromatic heterocycles. The lowest BCUT2D eigenvalue weighted by Gasteiger charge is -2.32. The molecule has 0 bridgehead atoms. The average Bonchev–Trinajstić information content (AvgIpc) is 2.39. The molecule has 104 valence electrons. The topological polar surface area (TPSA) is 44.4 Å². The fraction of sp³-hybridized carbons (Fsp3) is 0.533. The summed E-state index contributed by atoms with van der Waals surface area (Å²) in [5, 5.41) is 6.41. The molecule has 2 rings (SSSR count). The largest absolute Gasteiger partial charge is 0.382 e. The van der Waals surface area contributed by atoms with Gasteiger partial charge in [0.1, 0.15) is 0 Å². The Labute approximate surface area is 115 Å². The zero-order valence-corrected chi connectivity index (χ0v) is 11.9. The Morgan fingerprint density at radius 2 is 2.11 bits per heavy atom. The third-order valence-corrected chi connectivity index (χ3v) is 3.67. The molecule has 19 heavy (non-hydrogen) atoms. The third-order valence-electron chi connectivity index (χ3n) is 3.67. The maximum Gasteiger partial charge on any atom is 0.239 e. The summed E-state index contributed by atoms with van der Waals surface area (Å²) < 4.78 is 0. The first kappa shape index (κ1) is 13.7. The van der Waals surface area contributed by atoms with Gasteiger partial charge in [-0.2, -0.15) is 0 Å². The summed E-state index contributed by atoms with van der Waals surface area (Å²) in [4.78, 5) is 14.2. The van der Waals surface area contributed by atoms with Gasteiger partial charge in [-0.15, -0.1) is 0 Å². The van der Waals surface area contributed by atoms with Crippen molar-refractivity contribution < 1.29 is 4.79 Å². The van der Waals surface area contributed by atoms with Crippen molar-refractivity contribution in [2.24, 2.45) is 5.92 Å². The first-order chi connectivity index (χ1) is 9.08. The quantitative estimate of drug-likeness (QED) is 0.872. The highest BCUT2D eigenvalue weighted by Gasteiger charge is 2.19. The Bertz CT molecular complexity index is 445. The van der Waals surface area contributed by atoms with Gasteiger partial charge in [0.05, 0.1) is 17.9 Å². The van der Waals surface area contributed by atoms with Gasteiger partial charge in [0.2, 0.25) is 5.91 Å². The van der Waals surface area contributed by atoms with E-state index in [0.29, 0.717) is 12.5 Å². The second-order valence-corrected chi connectivity index (χ2v) is 5.47. The van der Waals surface area contributed by atoms with Crippen LogP contribution in [0.15, 0.2) is 24.3 Å². The predicted molar refractivity (Wildman–Crippen MR) is 79.6 cm³/mol. The number of nitrogens with one attached hydrogen (secondary N) is 2. The Morgan fingerprint density at radius 1 is 1.37 bits per heavy atom. The molecule has 2 N–H and O–H groups in total. The molecule has 1 aromatic carbocycles. The van der Waals surface area contributed by atoms with E-state index in [4.69, 9.17) is 0 Å². The standard InChI is InChI=1S/C15H23N3O/c1-11(2)12(3)17-15(19)10-18-9-8-16-13-6-4-5-7-14(13)18/h4-7,11-12,16H,8-10H2,1-3H3,(H,17,19). The van der Waals surface area contributed by atoms with Gasteiger partial charge in [-0.05, 0) is 25.0 Å². The summed E-state index contributed by atoms with van der Waals surface area (Å²) in [5.74, 6) is 0.553. The average molecular weight is 261 g/mol. The minimum Gasteiger partial charge on any atom is -0.382 e. The van der Waals surface area contributed by atoms with E-state index in [9.17, 15) is 4.79 Å². The lowest BCUT2D eigenvalue weighted by atomic mass is 10.1. The van der Waals surface area contributed by atoms with Gasteiger partial charge in [0.15, 0.2) is 0 Å². The Morgan fingerprint density at radius 3 is 2.84 bits per heavy atom. The Balaban J connectivity index is 1.99. The number of carbonyl (C=O) groups is 1. The summed E-state index contributed by atoms with van der Waals surface area (Å²) in [7, 11) is 0. The number of para-hydroxylation sites is 2. The molecular weight excluding hydrogens is 238 g/mol. The molecule has 0 spiro atoms. The minimum absolute atomic E-state index is 0.0953. The van der Waals surface area contributed by atoms with Crippen LogP contribution >= 0.6 is 0 Å². The van der Waals surface area contributed by atoms with Crippen molar-refractivity contribution in [1.29, 1.82) is 0 Å². The van der Waals surface area contributed by atoms with Gasteiger partial charge in [-0.1, -0.05) is 26.0 Å². The van der Waals surface area contributed by atoms with E-state index in [1.165, 1.54) is 0 Å². The number of amides is 1. The van der Waals surface area contributed by atoms with Crippen molar-refractivity contribution in [3.8, 4) is 0 Å². The normalized spacial score (nSPS) is 15.7. The van der Waals surface area contributed by atoms with Gasteiger partial charge in [-0.3, -0.25) is 4.79 Å². The molecule has 1 aliphatic rings. The number of rotatable bonds is 4. The van der Waals surface area contributed by atoms with Gasteiger partial charge in [0.25, 0.3) is 0 Å². The third kappa shape index (κ3) is 3.40. The van der Waals surface area contributed by atoms with Crippen molar-refractivity contribution in [2.45, 2.75) is 26.8 Å². The number of nitrogens with zero attached hydrogens (tertiary/aromatic N) is 1. The van der Waals surface area contributed by atoms with Gasteiger partial charge < -0.3 is 15.5 Å². The molecular formula is C15H23N3O. The van der Waals surface area contributed by atoms with E-state index in [0.717, 1.165) is 24.5 Å². The number of fused-ring (bicyclic) bond motifs is 1.